The van der Waals surface area contributed by atoms with Gasteiger partial charge in [-0.15, -0.1) is 0 Å². The van der Waals surface area contributed by atoms with E-state index in [4.69, 9.17) is 22.4 Å². The molecule has 0 radical (unpaired) electrons. The number of anilines is 1. The zero-order valence-electron chi connectivity index (χ0n) is 11.8. The first-order valence-electron chi connectivity index (χ1n) is 6.21. The van der Waals surface area contributed by atoms with Crippen LogP contribution in [0.5, 0.6) is 0 Å². The zero-order valence-corrected chi connectivity index (χ0v) is 12.6. The molecule has 110 valence electrons. The Hall–Kier alpha value is -1.75. The van der Waals surface area contributed by atoms with E-state index in [1.54, 1.807) is 12.1 Å². The number of benzene rings is 1. The van der Waals surface area contributed by atoms with Crippen LogP contribution in [0.3, 0.4) is 0 Å². The van der Waals surface area contributed by atoms with Gasteiger partial charge in [-0.25, -0.2) is 0 Å². The van der Waals surface area contributed by atoms with Crippen LogP contribution < -0.4 is 5.73 Å². The molecule has 5 nitrogen and oxygen atoms in total. The van der Waals surface area contributed by atoms with Crippen molar-refractivity contribution in [1.29, 1.82) is 0 Å². The number of nitrogen functional groups attached to an aromatic ring is 1. The first kappa shape index (κ1) is 16.3. The average Bonchev–Trinajstić information content (AvgIpc) is 2.30. The number of rotatable bonds is 4. The second kappa shape index (κ2) is 6.13. The van der Waals surface area contributed by atoms with Gasteiger partial charge in [0.2, 0.25) is 0 Å². The molecule has 6 heteroatoms. The van der Waals surface area contributed by atoms with E-state index in [0.717, 1.165) is 0 Å². The van der Waals surface area contributed by atoms with E-state index in [-0.39, 0.29) is 18.9 Å². The summed E-state index contributed by atoms with van der Waals surface area (Å²) in [6, 6.07) is 4.65. The highest BCUT2D eigenvalue weighted by molar-refractivity contribution is 6.33. The lowest BCUT2D eigenvalue weighted by molar-refractivity contribution is -0.137. The van der Waals surface area contributed by atoms with Crippen molar-refractivity contribution < 1.29 is 14.7 Å². The van der Waals surface area contributed by atoms with Gasteiger partial charge in [-0.05, 0) is 39.0 Å². The Kier molecular flexibility index (Phi) is 5.00. The van der Waals surface area contributed by atoms with Crippen LogP contribution >= 0.6 is 11.6 Å². The molecule has 0 saturated heterocycles. The normalized spacial score (nSPS) is 11.2. The molecule has 1 amide bonds. The number of aliphatic carboxylic acids is 1. The highest BCUT2D eigenvalue weighted by Gasteiger charge is 2.27. The first-order valence-corrected chi connectivity index (χ1v) is 6.59. The van der Waals surface area contributed by atoms with Crippen LogP contribution in [0.1, 0.15) is 37.6 Å². The minimum atomic E-state index is -0.942. The Morgan fingerprint density at radius 1 is 1.35 bits per heavy atom. The van der Waals surface area contributed by atoms with Crippen LogP contribution in [-0.2, 0) is 4.79 Å². The summed E-state index contributed by atoms with van der Waals surface area (Å²) in [6.45, 7) is 5.70. The zero-order chi connectivity index (χ0) is 15.5. The maximum atomic E-state index is 12.5. The van der Waals surface area contributed by atoms with Gasteiger partial charge in [-0.2, -0.15) is 0 Å². The van der Waals surface area contributed by atoms with Gasteiger partial charge in [0.15, 0.2) is 0 Å². The molecule has 1 aromatic rings. The molecule has 0 atom stereocenters. The maximum Gasteiger partial charge on any atom is 0.305 e. The summed E-state index contributed by atoms with van der Waals surface area (Å²) in [7, 11) is 0. The Labute approximate surface area is 123 Å². The fourth-order valence-electron chi connectivity index (χ4n) is 1.77. The quantitative estimate of drug-likeness (QED) is 0.837. The van der Waals surface area contributed by atoms with Gasteiger partial charge in [0.1, 0.15) is 0 Å². The molecule has 0 bridgehead atoms. The van der Waals surface area contributed by atoms with E-state index in [2.05, 4.69) is 0 Å². The van der Waals surface area contributed by atoms with Crippen molar-refractivity contribution in [1.82, 2.24) is 4.90 Å². The third-order valence-electron chi connectivity index (χ3n) is 2.85. The number of halogens is 1. The van der Waals surface area contributed by atoms with Gasteiger partial charge in [0.05, 0.1) is 17.1 Å². The predicted octanol–water partition coefficient (Wildman–Crippen LogP) is 2.64. The molecule has 1 aromatic carbocycles. The standard InChI is InChI=1S/C14H19ClN2O3/c1-14(2,3)17(7-6-12(18)19)13(20)9-4-5-11(16)10(15)8-9/h4-5,8H,6-7,16H2,1-3H3,(H,18,19). The monoisotopic (exact) mass is 298 g/mol. The molecule has 0 aliphatic carbocycles. The first-order chi connectivity index (χ1) is 9.12. The van der Waals surface area contributed by atoms with E-state index in [0.29, 0.717) is 16.3 Å². The van der Waals surface area contributed by atoms with Crippen LogP contribution in [0.4, 0.5) is 5.69 Å². The predicted molar refractivity (Wildman–Crippen MR) is 78.9 cm³/mol. The number of carbonyl (C=O) groups excluding carboxylic acids is 1. The summed E-state index contributed by atoms with van der Waals surface area (Å²) >= 11 is 5.91. The molecule has 0 unspecified atom stereocenters. The lowest BCUT2D eigenvalue weighted by atomic mass is 10.0. The average molecular weight is 299 g/mol. The molecule has 0 spiro atoms. The number of carboxylic acids is 1. The SMILES string of the molecule is CC(C)(C)N(CCC(=O)O)C(=O)c1ccc(N)c(Cl)c1. The molecular weight excluding hydrogens is 280 g/mol. The third-order valence-corrected chi connectivity index (χ3v) is 3.18. The summed E-state index contributed by atoms with van der Waals surface area (Å²) in [5.74, 6) is -1.21. The van der Waals surface area contributed by atoms with Crippen molar-refractivity contribution in [3.8, 4) is 0 Å². The number of carboxylic acid groups (broad SMARTS) is 1. The van der Waals surface area contributed by atoms with Gasteiger partial charge in [-0.1, -0.05) is 11.6 Å². The highest BCUT2D eigenvalue weighted by Crippen LogP contribution is 2.23. The number of hydrogen-bond acceptors (Lipinski definition) is 3. The summed E-state index contributed by atoms with van der Waals surface area (Å²) in [5.41, 5.74) is 5.92. The van der Waals surface area contributed by atoms with Crippen molar-refractivity contribution in [2.45, 2.75) is 32.7 Å². The Morgan fingerprint density at radius 2 is 1.95 bits per heavy atom. The molecule has 0 heterocycles. The molecular formula is C14H19ClN2O3. The van der Waals surface area contributed by atoms with Crippen LogP contribution in [-0.4, -0.2) is 34.0 Å². The lowest BCUT2D eigenvalue weighted by Gasteiger charge is -2.35. The minimum Gasteiger partial charge on any atom is -0.481 e. The number of nitrogens with two attached hydrogens (primary N) is 1. The molecule has 1 rings (SSSR count). The molecule has 0 aliphatic rings. The second-order valence-electron chi connectivity index (χ2n) is 5.51. The maximum absolute atomic E-state index is 12.5. The third kappa shape index (κ3) is 4.13. The summed E-state index contributed by atoms with van der Waals surface area (Å²) in [4.78, 5) is 24.7. The topological polar surface area (TPSA) is 83.6 Å². The summed E-state index contributed by atoms with van der Waals surface area (Å²) in [5, 5.41) is 9.09. The van der Waals surface area contributed by atoms with Crippen LogP contribution in [0.25, 0.3) is 0 Å². The largest absolute Gasteiger partial charge is 0.481 e. The van der Waals surface area contributed by atoms with Crippen LogP contribution in [0.15, 0.2) is 18.2 Å². The van der Waals surface area contributed by atoms with E-state index in [1.807, 2.05) is 20.8 Å². The fraction of sp³-hybridized carbons (Fsp3) is 0.429. The number of amides is 1. The number of carbonyl (C=O) groups is 2. The van der Waals surface area contributed by atoms with E-state index < -0.39 is 11.5 Å². The molecule has 0 saturated carbocycles. The van der Waals surface area contributed by atoms with Gasteiger partial charge < -0.3 is 15.7 Å². The Morgan fingerprint density at radius 3 is 2.40 bits per heavy atom. The Bertz CT molecular complexity index is 524. The smallest absolute Gasteiger partial charge is 0.305 e. The van der Waals surface area contributed by atoms with E-state index in [9.17, 15) is 9.59 Å². The van der Waals surface area contributed by atoms with Crippen molar-refractivity contribution >= 4 is 29.2 Å². The number of nitrogens with zero attached hydrogens (tertiary/aromatic N) is 1. The molecule has 20 heavy (non-hydrogen) atoms. The molecule has 3 N–H and O–H groups in total. The van der Waals surface area contributed by atoms with E-state index >= 15 is 0 Å². The van der Waals surface area contributed by atoms with Crippen LogP contribution in [0, 0.1) is 0 Å². The van der Waals surface area contributed by atoms with Gasteiger partial charge in [-0.3, -0.25) is 9.59 Å². The molecule has 0 aliphatic heterocycles. The highest BCUT2D eigenvalue weighted by atomic mass is 35.5. The van der Waals surface area contributed by atoms with Crippen molar-refractivity contribution in [2.75, 3.05) is 12.3 Å². The summed E-state index contributed by atoms with van der Waals surface area (Å²) in [6.07, 6.45) is -0.105. The molecule has 0 aromatic heterocycles. The van der Waals surface area contributed by atoms with Crippen molar-refractivity contribution in [3.63, 3.8) is 0 Å². The lowest BCUT2D eigenvalue weighted by Crippen LogP contribution is -2.46. The number of hydrogen-bond donors (Lipinski definition) is 2. The van der Waals surface area contributed by atoms with Crippen molar-refractivity contribution in [3.05, 3.63) is 28.8 Å². The van der Waals surface area contributed by atoms with Crippen molar-refractivity contribution in [2.24, 2.45) is 0 Å². The van der Waals surface area contributed by atoms with E-state index in [1.165, 1.54) is 11.0 Å². The second-order valence-corrected chi connectivity index (χ2v) is 5.91. The minimum absolute atomic E-state index is 0.105. The van der Waals surface area contributed by atoms with Crippen LogP contribution in [0.2, 0.25) is 5.02 Å². The Balaban J connectivity index is 3.03. The van der Waals surface area contributed by atoms with Gasteiger partial charge >= 0.3 is 5.97 Å². The molecule has 0 fully saturated rings. The summed E-state index contributed by atoms with van der Waals surface area (Å²) < 4.78 is 0. The van der Waals surface area contributed by atoms with Gasteiger partial charge in [0, 0.05) is 17.6 Å². The van der Waals surface area contributed by atoms with Gasteiger partial charge in [0.25, 0.3) is 5.91 Å². The fourth-order valence-corrected chi connectivity index (χ4v) is 1.95.